The van der Waals surface area contributed by atoms with Gasteiger partial charge >= 0.3 is 0 Å². The first-order valence-electron chi connectivity index (χ1n) is 6.76. The van der Waals surface area contributed by atoms with Gasteiger partial charge in [-0.3, -0.25) is 0 Å². The molecule has 2 rings (SSSR count). The maximum absolute atomic E-state index is 12.1. The van der Waals surface area contributed by atoms with E-state index in [1.807, 2.05) is 18.2 Å². The van der Waals surface area contributed by atoms with E-state index in [9.17, 15) is 8.42 Å². The fourth-order valence-corrected chi connectivity index (χ4v) is 3.15. The van der Waals surface area contributed by atoms with Crippen molar-refractivity contribution in [3.05, 3.63) is 59.7 Å². The Kier molecular flexibility index (Phi) is 5.41. The Bertz CT molecular complexity index is 714. The van der Waals surface area contributed by atoms with Crippen molar-refractivity contribution in [3.63, 3.8) is 0 Å². The van der Waals surface area contributed by atoms with Gasteiger partial charge in [-0.05, 0) is 23.3 Å². The number of benzene rings is 2. The van der Waals surface area contributed by atoms with E-state index in [0.717, 1.165) is 11.1 Å². The lowest BCUT2D eigenvalue weighted by molar-refractivity contribution is 0.354. The molecule has 0 atom stereocenters. The number of ether oxygens (including phenoxy) is 2. The van der Waals surface area contributed by atoms with E-state index in [2.05, 4.69) is 4.72 Å². The molecule has 2 aromatic carbocycles. The molecule has 0 radical (unpaired) electrons. The summed E-state index contributed by atoms with van der Waals surface area (Å²) in [6, 6.07) is 14.4. The van der Waals surface area contributed by atoms with Gasteiger partial charge in [0.2, 0.25) is 10.0 Å². The van der Waals surface area contributed by atoms with Gasteiger partial charge in [0.15, 0.2) is 11.5 Å². The molecule has 118 valence electrons. The van der Waals surface area contributed by atoms with Crippen molar-refractivity contribution in [2.45, 2.75) is 12.3 Å². The van der Waals surface area contributed by atoms with Crippen molar-refractivity contribution in [3.8, 4) is 11.5 Å². The molecule has 0 spiro atoms. The van der Waals surface area contributed by atoms with Crippen LogP contribution in [0.5, 0.6) is 11.5 Å². The fourth-order valence-electron chi connectivity index (χ4n) is 2.03. The number of sulfonamides is 1. The second kappa shape index (κ2) is 7.29. The molecule has 0 aliphatic heterocycles. The Hall–Kier alpha value is -2.05. The van der Waals surface area contributed by atoms with E-state index >= 15 is 0 Å². The minimum Gasteiger partial charge on any atom is -0.493 e. The van der Waals surface area contributed by atoms with Gasteiger partial charge in [0.05, 0.1) is 20.0 Å². The average Bonchev–Trinajstić information content (AvgIpc) is 2.53. The highest BCUT2D eigenvalue weighted by atomic mass is 32.2. The van der Waals surface area contributed by atoms with Crippen LogP contribution in [0, 0.1) is 0 Å². The molecule has 0 fully saturated rings. The first kappa shape index (κ1) is 16.3. The minimum atomic E-state index is -3.39. The molecule has 6 heteroatoms. The molecule has 0 saturated carbocycles. The van der Waals surface area contributed by atoms with Crippen LogP contribution in [0.25, 0.3) is 0 Å². The van der Waals surface area contributed by atoms with E-state index in [1.165, 1.54) is 0 Å². The summed E-state index contributed by atoms with van der Waals surface area (Å²) in [7, 11) is -0.292. The minimum absolute atomic E-state index is 0.0405. The Morgan fingerprint density at radius 2 is 1.59 bits per heavy atom. The van der Waals surface area contributed by atoms with Crippen LogP contribution >= 0.6 is 0 Å². The monoisotopic (exact) mass is 321 g/mol. The topological polar surface area (TPSA) is 64.6 Å². The van der Waals surface area contributed by atoms with Crippen LogP contribution in [-0.4, -0.2) is 22.6 Å². The van der Waals surface area contributed by atoms with Gasteiger partial charge in [-0.1, -0.05) is 36.4 Å². The number of hydrogen-bond acceptors (Lipinski definition) is 4. The molecule has 0 heterocycles. The van der Waals surface area contributed by atoms with Gasteiger partial charge in [-0.15, -0.1) is 0 Å². The molecule has 0 aliphatic carbocycles. The number of methoxy groups -OCH3 is 2. The van der Waals surface area contributed by atoms with Gasteiger partial charge in [-0.2, -0.15) is 0 Å². The maximum atomic E-state index is 12.1. The smallest absolute Gasteiger partial charge is 0.216 e. The lowest BCUT2D eigenvalue weighted by atomic mass is 10.2. The van der Waals surface area contributed by atoms with Crippen molar-refractivity contribution >= 4 is 10.0 Å². The average molecular weight is 321 g/mol. The lowest BCUT2D eigenvalue weighted by Crippen LogP contribution is -2.24. The lowest BCUT2D eigenvalue weighted by Gasteiger charge is -2.11. The van der Waals surface area contributed by atoms with E-state index in [-0.39, 0.29) is 12.3 Å². The van der Waals surface area contributed by atoms with Gasteiger partial charge in [0, 0.05) is 6.54 Å². The summed E-state index contributed by atoms with van der Waals surface area (Å²) >= 11 is 0. The third-order valence-electron chi connectivity index (χ3n) is 3.14. The summed E-state index contributed by atoms with van der Waals surface area (Å²) in [5.74, 6) is 1.14. The molecule has 0 bridgehead atoms. The molecule has 0 aromatic heterocycles. The largest absolute Gasteiger partial charge is 0.493 e. The summed E-state index contributed by atoms with van der Waals surface area (Å²) in [6.07, 6.45) is 0. The molecule has 22 heavy (non-hydrogen) atoms. The van der Waals surface area contributed by atoms with Crippen molar-refractivity contribution in [1.29, 1.82) is 0 Å². The van der Waals surface area contributed by atoms with Crippen molar-refractivity contribution in [1.82, 2.24) is 4.72 Å². The molecule has 0 amide bonds. The second-order valence-electron chi connectivity index (χ2n) is 4.76. The zero-order valence-corrected chi connectivity index (χ0v) is 13.4. The Balaban J connectivity index is 2.03. The van der Waals surface area contributed by atoms with Gasteiger partial charge in [0.1, 0.15) is 0 Å². The van der Waals surface area contributed by atoms with Crippen LogP contribution in [0.4, 0.5) is 0 Å². The molecule has 5 nitrogen and oxygen atoms in total. The highest BCUT2D eigenvalue weighted by molar-refractivity contribution is 7.88. The quantitative estimate of drug-likeness (QED) is 0.850. The van der Waals surface area contributed by atoms with Crippen molar-refractivity contribution < 1.29 is 17.9 Å². The summed E-state index contributed by atoms with van der Waals surface area (Å²) in [4.78, 5) is 0. The standard InChI is InChI=1S/C16H19NO4S/c1-20-15-9-8-14(10-16(15)21-2)11-17-22(18,19)12-13-6-4-3-5-7-13/h3-10,17H,11-12H2,1-2H3. The number of hydrogen-bond donors (Lipinski definition) is 1. The van der Waals surface area contributed by atoms with Gasteiger partial charge in [0.25, 0.3) is 0 Å². The predicted molar refractivity (Wildman–Crippen MR) is 85.5 cm³/mol. The predicted octanol–water partition coefficient (Wildman–Crippen LogP) is 2.32. The van der Waals surface area contributed by atoms with Gasteiger partial charge < -0.3 is 9.47 Å². The van der Waals surface area contributed by atoms with Crippen LogP contribution < -0.4 is 14.2 Å². The van der Waals surface area contributed by atoms with Gasteiger partial charge in [-0.25, -0.2) is 13.1 Å². The van der Waals surface area contributed by atoms with Crippen molar-refractivity contribution in [2.24, 2.45) is 0 Å². The van der Waals surface area contributed by atoms with Crippen molar-refractivity contribution in [2.75, 3.05) is 14.2 Å². The Labute approximate surface area is 130 Å². The van der Waals surface area contributed by atoms with E-state index in [1.54, 1.807) is 44.6 Å². The molecule has 0 saturated heterocycles. The molecule has 2 aromatic rings. The SMILES string of the molecule is COc1ccc(CNS(=O)(=O)Cc2ccccc2)cc1OC. The zero-order valence-electron chi connectivity index (χ0n) is 12.6. The third-order valence-corrected chi connectivity index (χ3v) is 4.44. The number of rotatable bonds is 7. The highest BCUT2D eigenvalue weighted by Gasteiger charge is 2.12. The second-order valence-corrected chi connectivity index (χ2v) is 6.56. The molecule has 1 N–H and O–H groups in total. The summed E-state index contributed by atoms with van der Waals surface area (Å²) in [6.45, 7) is 0.204. The van der Waals surface area contributed by atoms with E-state index in [0.29, 0.717) is 11.5 Å². The molecule has 0 unspecified atom stereocenters. The van der Waals surface area contributed by atoms with Crippen LogP contribution in [-0.2, 0) is 22.3 Å². The maximum Gasteiger partial charge on any atom is 0.216 e. The van der Waals surface area contributed by atoms with Crippen LogP contribution in [0.1, 0.15) is 11.1 Å². The van der Waals surface area contributed by atoms with Crippen LogP contribution in [0.3, 0.4) is 0 Å². The molecular weight excluding hydrogens is 302 g/mol. The normalized spacial score (nSPS) is 11.2. The molecular formula is C16H19NO4S. The number of nitrogens with one attached hydrogen (secondary N) is 1. The summed E-state index contributed by atoms with van der Waals surface area (Å²) < 4.78 is 37.1. The van der Waals surface area contributed by atoms with Crippen LogP contribution in [0.2, 0.25) is 0 Å². The fraction of sp³-hybridized carbons (Fsp3) is 0.250. The van der Waals surface area contributed by atoms with E-state index < -0.39 is 10.0 Å². The Morgan fingerprint density at radius 3 is 2.23 bits per heavy atom. The first-order chi connectivity index (χ1) is 10.5. The van der Waals surface area contributed by atoms with Crippen LogP contribution in [0.15, 0.2) is 48.5 Å². The third kappa shape index (κ3) is 4.47. The summed E-state index contributed by atoms with van der Waals surface area (Å²) in [5.41, 5.74) is 1.55. The first-order valence-corrected chi connectivity index (χ1v) is 8.41. The Morgan fingerprint density at radius 1 is 0.909 bits per heavy atom. The highest BCUT2D eigenvalue weighted by Crippen LogP contribution is 2.27. The van der Waals surface area contributed by atoms with E-state index in [4.69, 9.17) is 9.47 Å². The summed E-state index contributed by atoms with van der Waals surface area (Å²) in [5, 5.41) is 0. The molecule has 0 aliphatic rings. The zero-order chi connectivity index (χ0) is 16.0.